The van der Waals surface area contributed by atoms with Gasteiger partial charge in [0.2, 0.25) is 0 Å². The maximum atomic E-state index is 5.70. The maximum Gasteiger partial charge on any atom is 0.0371 e. The number of anilines is 1. The van der Waals surface area contributed by atoms with E-state index in [1.165, 1.54) is 62.6 Å². The van der Waals surface area contributed by atoms with Gasteiger partial charge in [0.25, 0.3) is 0 Å². The summed E-state index contributed by atoms with van der Waals surface area (Å²) in [6.45, 7) is 0.646. The molecule has 19 heavy (non-hydrogen) atoms. The summed E-state index contributed by atoms with van der Waals surface area (Å²) in [5, 5.41) is 0. The van der Waals surface area contributed by atoms with Crippen LogP contribution in [0.15, 0.2) is 24.3 Å². The van der Waals surface area contributed by atoms with Crippen molar-refractivity contribution in [1.29, 1.82) is 0 Å². The summed E-state index contributed by atoms with van der Waals surface area (Å²) in [5.74, 6) is 0. The molecule has 2 nitrogen and oxygen atoms in total. The van der Waals surface area contributed by atoms with Gasteiger partial charge in [0.05, 0.1) is 0 Å². The average Bonchev–Trinajstić information content (AvgIpc) is 3.27. The monoisotopic (exact) mass is 258 g/mol. The molecule has 104 valence electrons. The fourth-order valence-corrected chi connectivity index (χ4v) is 3.41. The van der Waals surface area contributed by atoms with Crippen LogP contribution in [0.25, 0.3) is 0 Å². The summed E-state index contributed by atoms with van der Waals surface area (Å²) < 4.78 is 0. The zero-order valence-corrected chi connectivity index (χ0v) is 11.9. The fraction of sp³-hybridized carbons (Fsp3) is 0.647. The van der Waals surface area contributed by atoms with Crippen molar-refractivity contribution in [2.24, 2.45) is 5.73 Å². The predicted molar refractivity (Wildman–Crippen MR) is 81.3 cm³/mol. The van der Waals surface area contributed by atoms with Crippen LogP contribution < -0.4 is 10.6 Å². The number of nitrogens with two attached hydrogens (primary N) is 1. The van der Waals surface area contributed by atoms with Crippen LogP contribution >= 0.6 is 0 Å². The smallest absolute Gasteiger partial charge is 0.0371 e. The molecule has 0 bridgehead atoms. The molecule has 0 radical (unpaired) electrons. The number of hydrogen-bond acceptors (Lipinski definition) is 2. The van der Waals surface area contributed by atoms with E-state index in [1.54, 1.807) is 0 Å². The van der Waals surface area contributed by atoms with E-state index >= 15 is 0 Å². The minimum atomic E-state index is 0.646. The van der Waals surface area contributed by atoms with E-state index in [0.717, 1.165) is 12.1 Å². The first-order valence-corrected chi connectivity index (χ1v) is 7.96. The Morgan fingerprint density at radius 1 is 0.842 bits per heavy atom. The Labute approximate surface area is 117 Å². The lowest BCUT2D eigenvalue weighted by atomic mass is 10.1. The molecule has 0 unspecified atom stereocenters. The van der Waals surface area contributed by atoms with Gasteiger partial charge in [-0.1, -0.05) is 37.8 Å². The summed E-state index contributed by atoms with van der Waals surface area (Å²) in [7, 11) is 0. The molecule has 2 fully saturated rings. The minimum Gasteiger partial charge on any atom is -0.366 e. The Morgan fingerprint density at radius 3 is 1.95 bits per heavy atom. The van der Waals surface area contributed by atoms with Crippen molar-refractivity contribution >= 4 is 5.69 Å². The van der Waals surface area contributed by atoms with Gasteiger partial charge in [0, 0.05) is 24.3 Å². The van der Waals surface area contributed by atoms with Crippen LogP contribution in [0.4, 0.5) is 5.69 Å². The van der Waals surface area contributed by atoms with Crippen LogP contribution in [0.1, 0.15) is 56.9 Å². The molecule has 3 rings (SSSR count). The zero-order chi connectivity index (χ0) is 13.1. The lowest BCUT2D eigenvalue weighted by molar-refractivity contribution is 0.521. The molecule has 0 saturated heterocycles. The van der Waals surface area contributed by atoms with Gasteiger partial charge in [0.15, 0.2) is 0 Å². The fourth-order valence-electron chi connectivity index (χ4n) is 3.41. The molecule has 0 amide bonds. The molecule has 2 heteroatoms. The van der Waals surface area contributed by atoms with E-state index in [9.17, 15) is 0 Å². The summed E-state index contributed by atoms with van der Waals surface area (Å²) in [6, 6.07) is 10.5. The van der Waals surface area contributed by atoms with Gasteiger partial charge in [-0.3, -0.25) is 0 Å². The van der Waals surface area contributed by atoms with Crippen LogP contribution in [0.3, 0.4) is 0 Å². The Morgan fingerprint density at radius 2 is 1.42 bits per heavy atom. The van der Waals surface area contributed by atoms with Gasteiger partial charge in [-0.2, -0.15) is 0 Å². The van der Waals surface area contributed by atoms with Gasteiger partial charge in [0.1, 0.15) is 0 Å². The normalized spacial score (nSPS) is 21.1. The highest BCUT2D eigenvalue weighted by Crippen LogP contribution is 2.37. The highest BCUT2D eigenvalue weighted by atomic mass is 15.2. The third-order valence-corrected chi connectivity index (χ3v) is 4.63. The summed E-state index contributed by atoms with van der Waals surface area (Å²) in [6.07, 6.45) is 11.2. The highest BCUT2D eigenvalue weighted by molar-refractivity contribution is 5.51. The largest absolute Gasteiger partial charge is 0.366 e. The van der Waals surface area contributed by atoms with Crippen molar-refractivity contribution in [3.63, 3.8) is 0 Å². The van der Waals surface area contributed by atoms with Crippen LogP contribution in [0.2, 0.25) is 0 Å². The van der Waals surface area contributed by atoms with E-state index in [1.807, 2.05) is 0 Å². The van der Waals surface area contributed by atoms with Crippen molar-refractivity contribution in [1.82, 2.24) is 0 Å². The minimum absolute atomic E-state index is 0.646. The quantitative estimate of drug-likeness (QED) is 0.831. The second-order valence-corrected chi connectivity index (χ2v) is 6.15. The van der Waals surface area contributed by atoms with Crippen LogP contribution in [0.5, 0.6) is 0 Å². The summed E-state index contributed by atoms with van der Waals surface area (Å²) in [4.78, 5) is 2.73. The molecule has 0 atom stereocenters. The van der Waals surface area contributed by atoms with Crippen LogP contribution in [-0.2, 0) is 6.54 Å². The molecular formula is C17H26N2. The number of hydrogen-bond donors (Lipinski definition) is 1. The Balaban J connectivity index is 1.78. The summed E-state index contributed by atoms with van der Waals surface area (Å²) in [5.41, 5.74) is 8.36. The summed E-state index contributed by atoms with van der Waals surface area (Å²) >= 11 is 0. The van der Waals surface area contributed by atoms with E-state index in [-0.39, 0.29) is 0 Å². The van der Waals surface area contributed by atoms with Gasteiger partial charge in [-0.15, -0.1) is 0 Å². The molecule has 2 N–H and O–H groups in total. The van der Waals surface area contributed by atoms with Crippen molar-refractivity contribution in [3.05, 3.63) is 29.8 Å². The predicted octanol–water partition coefficient (Wildman–Crippen LogP) is 3.84. The molecule has 2 aliphatic carbocycles. The number of nitrogens with zero attached hydrogens (tertiary/aromatic N) is 1. The topological polar surface area (TPSA) is 29.3 Å². The first-order valence-electron chi connectivity index (χ1n) is 7.96. The first-order chi connectivity index (χ1) is 9.38. The van der Waals surface area contributed by atoms with Crippen molar-refractivity contribution < 1.29 is 0 Å². The molecule has 0 spiro atoms. The van der Waals surface area contributed by atoms with Crippen LogP contribution in [-0.4, -0.2) is 12.1 Å². The van der Waals surface area contributed by atoms with Crippen molar-refractivity contribution in [3.8, 4) is 0 Å². The standard InChI is InChI=1S/C17H26N2/c18-13-14-7-9-16(10-8-14)19(17-11-12-17)15-5-3-1-2-4-6-15/h7-10,15,17H,1-6,11-13,18H2. The molecular weight excluding hydrogens is 232 g/mol. The Kier molecular flexibility index (Phi) is 4.07. The molecule has 0 aliphatic heterocycles. The molecule has 2 aliphatic rings. The zero-order valence-electron chi connectivity index (χ0n) is 11.9. The van der Waals surface area contributed by atoms with E-state index in [0.29, 0.717) is 6.54 Å². The van der Waals surface area contributed by atoms with Gasteiger partial charge >= 0.3 is 0 Å². The first kappa shape index (κ1) is 13.0. The van der Waals surface area contributed by atoms with Gasteiger partial charge in [-0.25, -0.2) is 0 Å². The highest BCUT2D eigenvalue weighted by Gasteiger charge is 2.34. The number of benzene rings is 1. The lowest BCUT2D eigenvalue weighted by Gasteiger charge is -2.33. The SMILES string of the molecule is NCc1ccc(N(C2CCCCCC2)C2CC2)cc1. The third-order valence-electron chi connectivity index (χ3n) is 4.63. The van der Waals surface area contributed by atoms with E-state index < -0.39 is 0 Å². The second kappa shape index (κ2) is 5.96. The molecule has 1 aromatic rings. The number of rotatable bonds is 4. The third kappa shape index (κ3) is 3.11. The lowest BCUT2D eigenvalue weighted by Crippen LogP contribution is -2.37. The molecule has 2 saturated carbocycles. The molecule has 1 aromatic carbocycles. The van der Waals surface area contributed by atoms with E-state index in [2.05, 4.69) is 29.2 Å². The van der Waals surface area contributed by atoms with Crippen molar-refractivity contribution in [2.45, 2.75) is 70.0 Å². The second-order valence-electron chi connectivity index (χ2n) is 6.15. The molecule has 0 heterocycles. The Hall–Kier alpha value is -1.02. The van der Waals surface area contributed by atoms with Crippen molar-refractivity contribution in [2.75, 3.05) is 4.90 Å². The van der Waals surface area contributed by atoms with Crippen LogP contribution in [0, 0.1) is 0 Å². The Bertz CT molecular complexity index is 386. The maximum absolute atomic E-state index is 5.70. The van der Waals surface area contributed by atoms with Gasteiger partial charge < -0.3 is 10.6 Å². The molecule has 0 aromatic heterocycles. The van der Waals surface area contributed by atoms with Gasteiger partial charge in [-0.05, 0) is 43.4 Å². The average molecular weight is 258 g/mol. The van der Waals surface area contributed by atoms with E-state index in [4.69, 9.17) is 5.73 Å².